The van der Waals surface area contributed by atoms with Gasteiger partial charge in [-0.3, -0.25) is 4.90 Å². The Morgan fingerprint density at radius 1 is 1.21 bits per heavy atom. The van der Waals surface area contributed by atoms with Crippen LogP contribution in [0.25, 0.3) is 0 Å². The Labute approximate surface area is 125 Å². The molecule has 2 rings (SSSR count). The molecule has 106 valence electrons. The van der Waals surface area contributed by atoms with E-state index >= 15 is 0 Å². The average molecular weight is 302 g/mol. The van der Waals surface area contributed by atoms with Gasteiger partial charge in [-0.2, -0.15) is 0 Å². The van der Waals surface area contributed by atoms with Crippen LogP contribution in [-0.4, -0.2) is 56.1 Å². The summed E-state index contributed by atoms with van der Waals surface area (Å²) in [5.74, 6) is 0. The minimum Gasteiger partial charge on any atom is -0.314 e. The Balaban J connectivity index is 1.82. The summed E-state index contributed by atoms with van der Waals surface area (Å²) in [7, 11) is 2.11. The highest BCUT2D eigenvalue weighted by Crippen LogP contribution is 2.25. The van der Waals surface area contributed by atoms with Crippen molar-refractivity contribution in [1.82, 2.24) is 15.1 Å². The summed E-state index contributed by atoms with van der Waals surface area (Å²) in [6.45, 7) is 7.40. The van der Waals surface area contributed by atoms with Gasteiger partial charge in [0.15, 0.2) is 0 Å². The number of piperazine rings is 1. The van der Waals surface area contributed by atoms with Crippen LogP contribution in [0.1, 0.15) is 5.56 Å². The molecule has 0 unspecified atom stereocenters. The number of likely N-dealkylation sites (N-methyl/N-ethyl adjacent to an activating group) is 1. The third-order valence-electron chi connectivity index (χ3n) is 3.50. The number of halogens is 2. The van der Waals surface area contributed by atoms with Crippen LogP contribution < -0.4 is 5.32 Å². The topological polar surface area (TPSA) is 18.5 Å². The van der Waals surface area contributed by atoms with E-state index in [2.05, 4.69) is 22.2 Å². The first-order valence-electron chi connectivity index (χ1n) is 6.71. The molecular weight excluding hydrogens is 281 g/mol. The molecule has 0 amide bonds. The van der Waals surface area contributed by atoms with Crippen molar-refractivity contribution in [3.8, 4) is 0 Å². The van der Waals surface area contributed by atoms with Crippen LogP contribution in [0.2, 0.25) is 10.0 Å². The summed E-state index contributed by atoms with van der Waals surface area (Å²) in [4.78, 5) is 4.76. The first-order chi connectivity index (χ1) is 9.16. The van der Waals surface area contributed by atoms with Crippen molar-refractivity contribution in [2.75, 3.05) is 46.3 Å². The third kappa shape index (κ3) is 4.62. The highest BCUT2D eigenvalue weighted by atomic mass is 35.5. The lowest BCUT2D eigenvalue weighted by Gasteiger charge is -2.29. The molecular formula is C14H21Cl2N3. The number of hydrogen-bond donors (Lipinski definition) is 1. The van der Waals surface area contributed by atoms with Gasteiger partial charge in [0.25, 0.3) is 0 Å². The molecule has 0 spiro atoms. The van der Waals surface area contributed by atoms with Gasteiger partial charge in [0.2, 0.25) is 0 Å². The van der Waals surface area contributed by atoms with E-state index in [0.29, 0.717) is 0 Å². The minimum absolute atomic E-state index is 0.751. The molecule has 0 bridgehead atoms. The van der Waals surface area contributed by atoms with E-state index in [1.807, 2.05) is 18.2 Å². The zero-order chi connectivity index (χ0) is 13.7. The quantitative estimate of drug-likeness (QED) is 0.900. The third-order valence-corrected chi connectivity index (χ3v) is 4.21. The van der Waals surface area contributed by atoms with Crippen LogP contribution in [0.5, 0.6) is 0 Å². The van der Waals surface area contributed by atoms with Crippen molar-refractivity contribution >= 4 is 23.2 Å². The molecule has 0 aliphatic carbocycles. The smallest absolute Gasteiger partial charge is 0.0465 e. The van der Waals surface area contributed by atoms with E-state index in [9.17, 15) is 0 Å². The zero-order valence-electron chi connectivity index (χ0n) is 11.3. The molecule has 1 fully saturated rings. The van der Waals surface area contributed by atoms with Crippen molar-refractivity contribution in [3.05, 3.63) is 33.8 Å². The first kappa shape index (κ1) is 15.1. The van der Waals surface area contributed by atoms with E-state index in [4.69, 9.17) is 23.2 Å². The normalized spacial score (nSPS) is 17.1. The molecule has 0 atom stereocenters. The van der Waals surface area contributed by atoms with E-state index in [0.717, 1.165) is 61.4 Å². The monoisotopic (exact) mass is 301 g/mol. The molecule has 0 aromatic heterocycles. The van der Waals surface area contributed by atoms with Crippen LogP contribution in [0.3, 0.4) is 0 Å². The van der Waals surface area contributed by atoms with Crippen molar-refractivity contribution in [3.63, 3.8) is 0 Å². The molecule has 1 aliphatic heterocycles. The molecule has 19 heavy (non-hydrogen) atoms. The predicted molar refractivity (Wildman–Crippen MR) is 82.1 cm³/mol. The summed E-state index contributed by atoms with van der Waals surface area (Å²) in [5.41, 5.74) is 1.02. The number of rotatable bonds is 5. The van der Waals surface area contributed by atoms with Crippen LogP contribution in [0.4, 0.5) is 0 Å². The highest BCUT2D eigenvalue weighted by Gasteiger charge is 2.12. The predicted octanol–water partition coefficient (Wildman–Crippen LogP) is 2.33. The molecule has 3 nitrogen and oxygen atoms in total. The maximum absolute atomic E-state index is 6.19. The summed E-state index contributed by atoms with van der Waals surface area (Å²) < 4.78 is 0. The van der Waals surface area contributed by atoms with Crippen molar-refractivity contribution < 1.29 is 0 Å². The van der Waals surface area contributed by atoms with Crippen LogP contribution in [0.15, 0.2) is 18.2 Å². The maximum Gasteiger partial charge on any atom is 0.0465 e. The van der Waals surface area contributed by atoms with Crippen LogP contribution in [-0.2, 0) is 6.54 Å². The second-order valence-electron chi connectivity index (χ2n) is 5.03. The van der Waals surface area contributed by atoms with Crippen molar-refractivity contribution in [2.45, 2.75) is 6.54 Å². The lowest BCUT2D eigenvalue weighted by atomic mass is 10.2. The molecule has 0 radical (unpaired) electrons. The molecule has 1 saturated heterocycles. The van der Waals surface area contributed by atoms with Gasteiger partial charge < -0.3 is 10.2 Å². The highest BCUT2D eigenvalue weighted by molar-refractivity contribution is 6.35. The molecule has 5 heteroatoms. The summed E-state index contributed by atoms with van der Waals surface area (Å²) >= 11 is 12.4. The van der Waals surface area contributed by atoms with Gasteiger partial charge in [0.1, 0.15) is 0 Å². The zero-order valence-corrected chi connectivity index (χ0v) is 12.8. The van der Waals surface area contributed by atoms with E-state index in [1.54, 1.807) is 0 Å². The molecule has 0 saturated carbocycles. The Hall–Kier alpha value is -0.320. The van der Waals surface area contributed by atoms with Crippen LogP contribution >= 0.6 is 23.2 Å². The number of nitrogens with zero attached hydrogens (tertiary/aromatic N) is 2. The summed E-state index contributed by atoms with van der Waals surface area (Å²) in [6, 6.07) is 5.68. The van der Waals surface area contributed by atoms with Gasteiger partial charge in [-0.05, 0) is 19.2 Å². The van der Waals surface area contributed by atoms with E-state index < -0.39 is 0 Å². The first-order valence-corrected chi connectivity index (χ1v) is 7.47. The molecule has 1 aromatic rings. The molecule has 1 heterocycles. The average Bonchev–Trinajstić information content (AvgIpc) is 2.42. The second kappa shape index (κ2) is 7.46. The molecule has 1 aromatic carbocycles. The lowest BCUT2D eigenvalue weighted by Crippen LogP contribution is -2.45. The standard InChI is InChI=1S/C14H21Cl2N3/c1-18(9-10-19-7-5-17-6-8-19)11-12-13(15)3-2-4-14(12)16/h2-4,17H,5-11H2,1H3. The Bertz CT molecular complexity index is 385. The van der Waals surface area contributed by atoms with Gasteiger partial charge in [-0.15, -0.1) is 0 Å². The number of benzene rings is 1. The van der Waals surface area contributed by atoms with Gasteiger partial charge >= 0.3 is 0 Å². The molecule has 1 N–H and O–H groups in total. The van der Waals surface area contributed by atoms with E-state index in [-0.39, 0.29) is 0 Å². The maximum atomic E-state index is 6.19. The van der Waals surface area contributed by atoms with Crippen molar-refractivity contribution in [2.24, 2.45) is 0 Å². The largest absolute Gasteiger partial charge is 0.314 e. The number of hydrogen-bond acceptors (Lipinski definition) is 3. The van der Waals surface area contributed by atoms with Gasteiger partial charge in [-0.1, -0.05) is 29.3 Å². The minimum atomic E-state index is 0.751. The van der Waals surface area contributed by atoms with Gasteiger partial charge in [0.05, 0.1) is 0 Å². The number of nitrogens with one attached hydrogen (secondary N) is 1. The lowest BCUT2D eigenvalue weighted by molar-refractivity contribution is 0.202. The SMILES string of the molecule is CN(CCN1CCNCC1)Cc1c(Cl)cccc1Cl. The fourth-order valence-electron chi connectivity index (χ4n) is 2.28. The fourth-order valence-corrected chi connectivity index (χ4v) is 2.80. The van der Waals surface area contributed by atoms with Crippen molar-refractivity contribution in [1.29, 1.82) is 0 Å². The Morgan fingerprint density at radius 3 is 2.47 bits per heavy atom. The Kier molecular flexibility index (Phi) is 5.92. The Morgan fingerprint density at radius 2 is 1.84 bits per heavy atom. The molecule has 1 aliphatic rings. The fraction of sp³-hybridized carbons (Fsp3) is 0.571. The van der Waals surface area contributed by atoms with Crippen LogP contribution in [0, 0.1) is 0 Å². The van der Waals surface area contributed by atoms with Gasteiger partial charge in [0, 0.05) is 61.4 Å². The summed E-state index contributed by atoms with van der Waals surface area (Å²) in [5, 5.41) is 4.87. The second-order valence-corrected chi connectivity index (χ2v) is 5.84. The summed E-state index contributed by atoms with van der Waals surface area (Å²) in [6.07, 6.45) is 0. The van der Waals surface area contributed by atoms with Gasteiger partial charge in [-0.25, -0.2) is 0 Å². The van der Waals surface area contributed by atoms with E-state index in [1.165, 1.54) is 0 Å².